The largest absolute Gasteiger partial charge is 0.387 e. The van der Waals surface area contributed by atoms with Crippen molar-refractivity contribution in [1.82, 2.24) is 19.7 Å². The van der Waals surface area contributed by atoms with Crippen molar-refractivity contribution < 1.29 is 13.9 Å². The first-order valence-corrected chi connectivity index (χ1v) is 6.78. The number of rotatable bonds is 3. The van der Waals surface area contributed by atoms with Gasteiger partial charge in [-0.2, -0.15) is 0 Å². The topological polar surface area (TPSA) is 54.2 Å². The number of halogens is 2. The highest BCUT2D eigenvalue weighted by Gasteiger charge is 2.23. The molecule has 2 heterocycles. The van der Waals surface area contributed by atoms with Crippen molar-refractivity contribution in [1.29, 1.82) is 0 Å². The smallest absolute Gasteiger partial charge is 0.147 e. The van der Waals surface area contributed by atoms with E-state index in [9.17, 15) is 13.9 Å². The molecule has 0 aliphatic carbocycles. The fraction of sp³-hybridized carbons (Fsp3) is 0.429. The minimum Gasteiger partial charge on any atom is -0.387 e. The molecule has 112 valence electrons. The van der Waals surface area contributed by atoms with E-state index in [0.717, 1.165) is 36.9 Å². The predicted octanol–water partition coefficient (Wildman–Crippen LogP) is 1.41. The third-order valence-electron chi connectivity index (χ3n) is 3.77. The number of β-amino-alcohol motifs (C(OH)–C–C–N with tert-alkyl or cyclic N) is 1. The molecule has 0 spiro atoms. The zero-order valence-electron chi connectivity index (χ0n) is 11.6. The van der Waals surface area contributed by atoms with Crippen LogP contribution in [0, 0.1) is 18.6 Å². The Hall–Kier alpha value is -1.86. The van der Waals surface area contributed by atoms with Crippen LogP contribution in [0.15, 0.2) is 18.2 Å². The highest BCUT2D eigenvalue weighted by atomic mass is 19.1. The quantitative estimate of drug-likeness (QED) is 0.930. The van der Waals surface area contributed by atoms with Crippen molar-refractivity contribution in [2.75, 3.05) is 13.1 Å². The molecule has 0 fully saturated rings. The van der Waals surface area contributed by atoms with Crippen LogP contribution in [0.4, 0.5) is 8.78 Å². The van der Waals surface area contributed by atoms with Gasteiger partial charge in [0.15, 0.2) is 0 Å². The van der Waals surface area contributed by atoms with Crippen molar-refractivity contribution in [2.45, 2.75) is 26.1 Å². The van der Waals surface area contributed by atoms with E-state index in [4.69, 9.17) is 0 Å². The zero-order valence-corrected chi connectivity index (χ0v) is 11.6. The first-order chi connectivity index (χ1) is 10.0. The number of benzene rings is 1. The second kappa shape index (κ2) is 5.50. The number of aliphatic hydroxyl groups is 1. The second-order valence-corrected chi connectivity index (χ2v) is 5.23. The first kappa shape index (κ1) is 14.1. The van der Waals surface area contributed by atoms with Gasteiger partial charge in [-0.05, 0) is 13.0 Å². The lowest BCUT2D eigenvalue weighted by Gasteiger charge is -2.29. The Bertz CT molecular complexity index is 658. The molecule has 0 unspecified atom stereocenters. The van der Waals surface area contributed by atoms with Crippen molar-refractivity contribution in [3.05, 3.63) is 47.0 Å². The minimum absolute atomic E-state index is 0.111. The SMILES string of the molecule is Cc1nnc2n1CCN(C[C@@H](O)c1ccc(F)cc1F)C2. The van der Waals surface area contributed by atoms with Crippen molar-refractivity contribution in [3.63, 3.8) is 0 Å². The molecule has 7 heteroatoms. The Morgan fingerprint density at radius 3 is 2.86 bits per heavy atom. The van der Waals surface area contributed by atoms with Crippen LogP contribution in [0.25, 0.3) is 0 Å². The molecule has 2 aromatic rings. The molecule has 0 saturated heterocycles. The van der Waals surface area contributed by atoms with E-state index in [0.29, 0.717) is 6.54 Å². The maximum absolute atomic E-state index is 13.7. The summed E-state index contributed by atoms with van der Waals surface area (Å²) in [6, 6.07) is 3.22. The molecule has 0 bridgehead atoms. The number of fused-ring (bicyclic) bond motifs is 1. The van der Waals surface area contributed by atoms with Gasteiger partial charge in [-0.25, -0.2) is 8.78 Å². The van der Waals surface area contributed by atoms with Crippen LogP contribution in [-0.4, -0.2) is 37.9 Å². The molecule has 1 aliphatic rings. The van der Waals surface area contributed by atoms with Gasteiger partial charge in [0, 0.05) is 31.3 Å². The summed E-state index contributed by atoms with van der Waals surface area (Å²) in [4.78, 5) is 1.98. The average Bonchev–Trinajstić information content (AvgIpc) is 2.80. The standard InChI is InChI=1S/C14H16F2N4O/c1-9-17-18-14-8-19(4-5-20(9)14)7-13(21)11-3-2-10(15)6-12(11)16/h2-3,6,13,21H,4-5,7-8H2,1H3/t13-/m1/s1. The van der Waals surface area contributed by atoms with Gasteiger partial charge in [-0.3, -0.25) is 4.90 Å². The van der Waals surface area contributed by atoms with Crippen molar-refractivity contribution in [3.8, 4) is 0 Å². The molecule has 0 amide bonds. The van der Waals surface area contributed by atoms with E-state index < -0.39 is 17.7 Å². The molecule has 21 heavy (non-hydrogen) atoms. The molecule has 1 aromatic heterocycles. The number of hydrogen-bond donors (Lipinski definition) is 1. The van der Waals surface area contributed by atoms with Gasteiger partial charge >= 0.3 is 0 Å². The summed E-state index contributed by atoms with van der Waals surface area (Å²) in [5.41, 5.74) is 0.111. The number of aromatic nitrogens is 3. The molecular weight excluding hydrogens is 278 g/mol. The fourth-order valence-electron chi connectivity index (χ4n) is 2.62. The van der Waals surface area contributed by atoms with Gasteiger partial charge in [-0.15, -0.1) is 10.2 Å². The van der Waals surface area contributed by atoms with Gasteiger partial charge < -0.3 is 9.67 Å². The Morgan fingerprint density at radius 2 is 2.10 bits per heavy atom. The summed E-state index contributed by atoms with van der Waals surface area (Å²) in [5.74, 6) is 0.337. The normalized spacial score (nSPS) is 16.8. The number of aryl methyl sites for hydroxylation is 1. The highest BCUT2D eigenvalue weighted by molar-refractivity contribution is 5.21. The minimum atomic E-state index is -0.999. The van der Waals surface area contributed by atoms with E-state index in [1.165, 1.54) is 6.07 Å². The summed E-state index contributed by atoms with van der Waals surface area (Å²) in [5, 5.41) is 18.2. The van der Waals surface area contributed by atoms with Crippen LogP contribution in [0.2, 0.25) is 0 Å². The summed E-state index contributed by atoms with van der Waals surface area (Å²) in [6.45, 7) is 4.20. The maximum atomic E-state index is 13.7. The third-order valence-corrected chi connectivity index (χ3v) is 3.77. The molecule has 5 nitrogen and oxygen atoms in total. The van der Waals surface area contributed by atoms with E-state index in [-0.39, 0.29) is 12.1 Å². The molecular formula is C14H16F2N4O. The van der Waals surface area contributed by atoms with Gasteiger partial charge in [-0.1, -0.05) is 6.07 Å². The average molecular weight is 294 g/mol. The summed E-state index contributed by atoms with van der Waals surface area (Å²) >= 11 is 0. The van der Waals surface area contributed by atoms with Crippen LogP contribution in [0.3, 0.4) is 0 Å². The van der Waals surface area contributed by atoms with E-state index in [2.05, 4.69) is 10.2 Å². The van der Waals surface area contributed by atoms with Crippen LogP contribution in [-0.2, 0) is 13.1 Å². The molecule has 1 aromatic carbocycles. The number of nitrogens with zero attached hydrogens (tertiary/aromatic N) is 4. The fourth-order valence-corrected chi connectivity index (χ4v) is 2.62. The van der Waals surface area contributed by atoms with Gasteiger partial charge in [0.25, 0.3) is 0 Å². The summed E-state index contributed by atoms with van der Waals surface area (Å²) in [7, 11) is 0. The molecule has 1 N–H and O–H groups in total. The van der Waals surface area contributed by atoms with E-state index >= 15 is 0 Å². The van der Waals surface area contributed by atoms with Crippen molar-refractivity contribution in [2.24, 2.45) is 0 Å². The Balaban J connectivity index is 1.70. The Kier molecular flexibility index (Phi) is 3.69. The third kappa shape index (κ3) is 2.79. The van der Waals surface area contributed by atoms with Crippen LogP contribution in [0.1, 0.15) is 23.3 Å². The maximum Gasteiger partial charge on any atom is 0.147 e. The molecule has 1 aliphatic heterocycles. The van der Waals surface area contributed by atoms with Gasteiger partial charge in [0.05, 0.1) is 12.6 Å². The van der Waals surface area contributed by atoms with Crippen molar-refractivity contribution >= 4 is 0 Å². The summed E-state index contributed by atoms with van der Waals surface area (Å²) in [6.07, 6.45) is -0.999. The highest BCUT2D eigenvalue weighted by Crippen LogP contribution is 2.21. The van der Waals surface area contributed by atoms with Crippen LogP contribution < -0.4 is 0 Å². The van der Waals surface area contributed by atoms with E-state index in [1.807, 2.05) is 16.4 Å². The number of aliphatic hydroxyl groups excluding tert-OH is 1. The Labute approximate surface area is 120 Å². The molecule has 3 rings (SSSR count). The monoisotopic (exact) mass is 294 g/mol. The summed E-state index contributed by atoms with van der Waals surface area (Å²) < 4.78 is 28.6. The zero-order chi connectivity index (χ0) is 15.0. The molecule has 1 atom stereocenters. The first-order valence-electron chi connectivity index (χ1n) is 6.78. The van der Waals surface area contributed by atoms with Crippen LogP contribution >= 0.6 is 0 Å². The number of hydrogen-bond acceptors (Lipinski definition) is 4. The lowest BCUT2D eigenvalue weighted by molar-refractivity contribution is 0.0934. The Morgan fingerprint density at radius 1 is 1.29 bits per heavy atom. The predicted molar refractivity (Wildman–Crippen MR) is 71.4 cm³/mol. The second-order valence-electron chi connectivity index (χ2n) is 5.23. The molecule has 0 radical (unpaired) electrons. The van der Waals surface area contributed by atoms with Gasteiger partial charge in [0.1, 0.15) is 23.3 Å². The molecule has 0 saturated carbocycles. The van der Waals surface area contributed by atoms with Crippen LogP contribution in [0.5, 0.6) is 0 Å². The van der Waals surface area contributed by atoms with E-state index in [1.54, 1.807) is 0 Å². The lowest BCUT2D eigenvalue weighted by atomic mass is 10.1. The van der Waals surface area contributed by atoms with Gasteiger partial charge in [0.2, 0.25) is 0 Å². The lowest BCUT2D eigenvalue weighted by Crippen LogP contribution is -2.37.